The zero-order chi connectivity index (χ0) is 32.3. The van der Waals surface area contributed by atoms with E-state index in [1.165, 1.54) is 17.8 Å². The molecule has 0 bridgehead atoms. The van der Waals surface area contributed by atoms with Crippen LogP contribution in [0.4, 0.5) is 11.4 Å². The smallest absolute Gasteiger partial charge is 0.142 e. The molecule has 4 heterocycles. The van der Waals surface area contributed by atoms with Gasteiger partial charge in [0.05, 0.1) is 60.7 Å². The Morgan fingerprint density at radius 3 is 2.63 bits per heavy atom. The minimum absolute atomic E-state index is 0.0136. The highest BCUT2D eigenvalue weighted by Gasteiger charge is 2.53. The topological polar surface area (TPSA) is 149 Å². The molecule has 7 N–H and O–H groups in total. The second-order valence-corrected chi connectivity index (χ2v) is 15.1. The van der Waals surface area contributed by atoms with E-state index in [1.807, 2.05) is 7.05 Å². The maximum absolute atomic E-state index is 11.2. The standard InChI is InChI=1S/C34H55N9O3/c1-5-12-41-25-8-7-22(34(17-35)10-11-34)15-24(25)39-27(41)9-6-21-13-23(14-21)42(20(2)3)16-26-29(44)30(45)33(46-26)43-19-37-28-31(36)38-18-40(4)32(28)43/h7-8,15,20-21,23,26-33,37-39,44-45H,5-6,9-14,16,18-19,36H2,1-4H3/t21?,23?,26-,27?,28?,29-,30-,31?,32?,33-/m1/s1. The van der Waals surface area contributed by atoms with E-state index in [2.05, 4.69) is 80.6 Å². The van der Waals surface area contributed by atoms with Gasteiger partial charge in [0.25, 0.3) is 0 Å². The number of aliphatic hydroxyl groups excluding tert-OH is 2. The summed E-state index contributed by atoms with van der Waals surface area (Å²) in [5.74, 6) is 0.671. The monoisotopic (exact) mass is 637 g/mol. The number of nitriles is 1. The Labute approximate surface area is 274 Å². The Bertz CT molecular complexity index is 1280. The largest absolute Gasteiger partial charge is 0.387 e. The summed E-state index contributed by atoms with van der Waals surface area (Å²) in [4.78, 5) is 9.29. The molecule has 8 atom stereocenters. The number of rotatable bonds is 11. The van der Waals surface area contributed by atoms with E-state index >= 15 is 0 Å². The lowest BCUT2D eigenvalue weighted by Gasteiger charge is -2.46. The van der Waals surface area contributed by atoms with E-state index in [0.29, 0.717) is 37.9 Å². The quantitative estimate of drug-likeness (QED) is 0.208. The predicted octanol–water partition coefficient (Wildman–Crippen LogP) is 1.26. The van der Waals surface area contributed by atoms with Gasteiger partial charge >= 0.3 is 0 Å². The second kappa shape index (κ2) is 12.8. The first kappa shape index (κ1) is 32.5. The number of nitrogens with one attached hydrogen (secondary N) is 3. The number of hydrogen-bond donors (Lipinski definition) is 6. The van der Waals surface area contributed by atoms with Gasteiger partial charge in [0, 0.05) is 25.2 Å². The summed E-state index contributed by atoms with van der Waals surface area (Å²) in [7, 11) is 2.04. The number of fused-ring (bicyclic) bond motifs is 2. The van der Waals surface area contributed by atoms with Crippen molar-refractivity contribution in [3.05, 3.63) is 23.8 Å². The van der Waals surface area contributed by atoms with Gasteiger partial charge in [0.1, 0.15) is 24.5 Å². The third-order valence-corrected chi connectivity index (χ3v) is 11.8. The third kappa shape index (κ3) is 5.71. The molecular weight excluding hydrogens is 582 g/mol. The first-order valence-corrected chi connectivity index (χ1v) is 17.7. The van der Waals surface area contributed by atoms with Crippen molar-refractivity contribution in [2.24, 2.45) is 11.7 Å². The van der Waals surface area contributed by atoms with Gasteiger partial charge < -0.3 is 30.9 Å². The minimum atomic E-state index is -0.979. The molecule has 0 amide bonds. The Morgan fingerprint density at radius 1 is 1.15 bits per heavy atom. The molecule has 3 saturated heterocycles. The highest BCUT2D eigenvalue weighted by Crippen LogP contribution is 2.50. The molecule has 0 aromatic heterocycles. The van der Waals surface area contributed by atoms with Crippen LogP contribution in [-0.4, -0.2) is 120 Å². The second-order valence-electron chi connectivity index (χ2n) is 15.1. The Hall–Kier alpha value is -2.05. The molecule has 0 spiro atoms. The fraction of sp³-hybridized carbons (Fsp3) is 0.794. The van der Waals surface area contributed by atoms with E-state index in [9.17, 15) is 15.5 Å². The SMILES string of the molecule is CCCN1c2ccc(C3(C#N)CC3)cc2NC1CCC1CC(N(C[C@H]2O[C@@H](N3CNC4C(N)NCN(C)C43)[C@H](O)[C@@H]2O)C(C)C)C1. The van der Waals surface area contributed by atoms with Gasteiger partial charge in [-0.2, -0.15) is 5.26 Å². The molecule has 0 radical (unpaired) electrons. The number of likely N-dealkylation sites (N-methyl/N-ethyl adjacent to an activating group) is 1. The van der Waals surface area contributed by atoms with Crippen LogP contribution in [0.25, 0.3) is 0 Å². The fourth-order valence-electron chi connectivity index (χ4n) is 8.87. The molecule has 12 nitrogen and oxygen atoms in total. The molecular formula is C34H55N9O3. The first-order chi connectivity index (χ1) is 22.1. The lowest BCUT2D eigenvalue weighted by molar-refractivity contribution is -0.130. The van der Waals surface area contributed by atoms with E-state index in [4.69, 9.17) is 10.5 Å². The number of nitrogens with zero attached hydrogens (tertiary/aromatic N) is 5. The number of aliphatic hydroxyl groups is 2. The average molecular weight is 638 g/mol. The molecule has 4 unspecified atom stereocenters. The molecule has 6 aliphatic rings. The van der Waals surface area contributed by atoms with E-state index in [1.54, 1.807) is 0 Å². The van der Waals surface area contributed by atoms with Crippen LogP contribution in [0.1, 0.15) is 71.3 Å². The first-order valence-electron chi connectivity index (χ1n) is 17.7. The van der Waals surface area contributed by atoms with Gasteiger partial charge in [-0.15, -0.1) is 0 Å². The van der Waals surface area contributed by atoms with Crippen LogP contribution in [0.5, 0.6) is 0 Å². The van der Waals surface area contributed by atoms with Crippen molar-refractivity contribution >= 4 is 11.4 Å². The van der Waals surface area contributed by atoms with Gasteiger partial charge in [-0.05, 0) is 89.5 Å². The number of hydrogen-bond acceptors (Lipinski definition) is 12. The van der Waals surface area contributed by atoms with Gasteiger partial charge in [0.2, 0.25) is 0 Å². The highest BCUT2D eigenvalue weighted by molar-refractivity contribution is 5.77. The Balaban J connectivity index is 0.930. The molecule has 5 fully saturated rings. The maximum Gasteiger partial charge on any atom is 0.142 e. The lowest BCUT2D eigenvalue weighted by Crippen LogP contribution is -2.68. The number of benzene rings is 1. The number of anilines is 2. The molecule has 254 valence electrons. The van der Waals surface area contributed by atoms with Crippen molar-refractivity contribution in [2.75, 3.05) is 43.7 Å². The fourth-order valence-corrected chi connectivity index (χ4v) is 8.87. The van der Waals surface area contributed by atoms with Crippen LogP contribution in [0.3, 0.4) is 0 Å². The molecule has 7 rings (SSSR count). The summed E-state index contributed by atoms with van der Waals surface area (Å²) < 4.78 is 6.47. The van der Waals surface area contributed by atoms with Crippen molar-refractivity contribution < 1.29 is 14.9 Å². The molecule has 46 heavy (non-hydrogen) atoms. The van der Waals surface area contributed by atoms with Crippen LogP contribution >= 0.6 is 0 Å². The summed E-state index contributed by atoms with van der Waals surface area (Å²) in [6.45, 7) is 9.51. The zero-order valence-corrected chi connectivity index (χ0v) is 28.0. The zero-order valence-electron chi connectivity index (χ0n) is 28.0. The van der Waals surface area contributed by atoms with Crippen molar-refractivity contribution in [3.8, 4) is 6.07 Å². The van der Waals surface area contributed by atoms with Crippen LogP contribution < -0.4 is 26.6 Å². The summed E-state index contributed by atoms with van der Waals surface area (Å²) in [5.41, 5.74) is 9.67. The Morgan fingerprint density at radius 2 is 1.93 bits per heavy atom. The number of ether oxygens (including phenoxy) is 1. The van der Waals surface area contributed by atoms with Gasteiger partial charge in [-0.1, -0.05) is 13.0 Å². The summed E-state index contributed by atoms with van der Waals surface area (Å²) >= 11 is 0. The van der Waals surface area contributed by atoms with E-state index in [-0.39, 0.29) is 30.0 Å². The highest BCUT2D eigenvalue weighted by atomic mass is 16.6. The van der Waals surface area contributed by atoms with Crippen LogP contribution in [0.15, 0.2) is 18.2 Å². The summed E-state index contributed by atoms with van der Waals surface area (Å²) in [5, 5.41) is 42.6. The van der Waals surface area contributed by atoms with Crippen LogP contribution in [0, 0.1) is 17.2 Å². The van der Waals surface area contributed by atoms with Crippen molar-refractivity contribution in [1.29, 1.82) is 5.26 Å². The normalized spacial score (nSPS) is 38.5. The minimum Gasteiger partial charge on any atom is -0.387 e. The molecule has 12 heteroatoms. The van der Waals surface area contributed by atoms with E-state index < -0.39 is 24.5 Å². The van der Waals surface area contributed by atoms with Crippen LogP contribution in [0.2, 0.25) is 0 Å². The molecule has 2 saturated carbocycles. The van der Waals surface area contributed by atoms with Gasteiger partial charge in [-0.3, -0.25) is 20.4 Å². The molecule has 1 aromatic carbocycles. The Kier molecular flexibility index (Phi) is 9.02. The predicted molar refractivity (Wildman–Crippen MR) is 177 cm³/mol. The molecule has 1 aromatic rings. The average Bonchev–Trinajstić information content (AvgIpc) is 3.45. The van der Waals surface area contributed by atoms with Crippen molar-refractivity contribution in [3.63, 3.8) is 0 Å². The summed E-state index contributed by atoms with van der Waals surface area (Å²) in [6, 6.07) is 9.95. The lowest BCUT2D eigenvalue weighted by atomic mass is 9.76. The van der Waals surface area contributed by atoms with Gasteiger partial charge in [-0.25, -0.2) is 4.90 Å². The number of nitrogens with two attached hydrogens (primary N) is 1. The van der Waals surface area contributed by atoms with Gasteiger partial charge in [0.15, 0.2) is 0 Å². The van der Waals surface area contributed by atoms with Crippen molar-refractivity contribution in [1.82, 2.24) is 25.3 Å². The van der Waals surface area contributed by atoms with Crippen molar-refractivity contribution in [2.45, 2.75) is 132 Å². The van der Waals surface area contributed by atoms with E-state index in [0.717, 1.165) is 50.6 Å². The summed E-state index contributed by atoms with van der Waals surface area (Å²) in [6.07, 6.45) is 4.71. The molecule has 2 aliphatic carbocycles. The third-order valence-electron chi connectivity index (χ3n) is 11.8. The molecule has 4 aliphatic heterocycles. The maximum atomic E-state index is 11.2. The van der Waals surface area contributed by atoms with Crippen LogP contribution in [-0.2, 0) is 10.2 Å².